The van der Waals surface area contributed by atoms with Gasteiger partial charge in [-0.3, -0.25) is 14.5 Å². The average Bonchev–Trinajstić information content (AvgIpc) is 3.28. The maximum atomic E-state index is 12.9. The molecule has 1 N–H and O–H groups in total. The molecule has 1 aromatic carbocycles. The molecule has 0 fully saturated rings. The third-order valence-electron chi connectivity index (χ3n) is 4.20. The minimum Gasteiger partial charge on any atom is -0.490 e. The Kier molecular flexibility index (Phi) is 6.36. The van der Waals surface area contributed by atoms with Gasteiger partial charge in [0, 0.05) is 23.2 Å². The summed E-state index contributed by atoms with van der Waals surface area (Å²) in [4.78, 5) is 27.9. The van der Waals surface area contributed by atoms with E-state index < -0.39 is 0 Å². The first-order valence-electron chi connectivity index (χ1n) is 9.41. The quantitative estimate of drug-likeness (QED) is 0.641. The summed E-state index contributed by atoms with van der Waals surface area (Å²) in [5.41, 5.74) is 1.38. The summed E-state index contributed by atoms with van der Waals surface area (Å²) in [6.45, 7) is 7.16. The summed E-state index contributed by atoms with van der Waals surface area (Å²) in [5, 5.41) is 5.05. The van der Waals surface area contributed by atoms with Crippen LogP contribution in [0.15, 0.2) is 41.4 Å². The van der Waals surface area contributed by atoms with Crippen LogP contribution >= 0.6 is 11.3 Å². The van der Waals surface area contributed by atoms with Crippen LogP contribution in [0.25, 0.3) is 5.57 Å². The van der Waals surface area contributed by atoms with Gasteiger partial charge in [0.15, 0.2) is 11.5 Å². The Morgan fingerprint density at radius 3 is 2.39 bits per heavy atom. The summed E-state index contributed by atoms with van der Waals surface area (Å²) in [7, 11) is 0. The number of carbonyl (C=O) groups excluding carboxylic acids is 2. The van der Waals surface area contributed by atoms with Crippen LogP contribution in [0.4, 0.5) is 5.69 Å². The monoisotopic (exact) mass is 400 g/mol. The second-order valence-electron chi connectivity index (χ2n) is 6.14. The van der Waals surface area contributed by atoms with E-state index in [-0.39, 0.29) is 11.8 Å². The summed E-state index contributed by atoms with van der Waals surface area (Å²) in [6, 6.07) is 9.12. The largest absolute Gasteiger partial charge is 0.490 e. The van der Waals surface area contributed by atoms with Crippen molar-refractivity contribution in [3.8, 4) is 11.5 Å². The number of nitrogens with zero attached hydrogens (tertiary/aromatic N) is 1. The van der Waals surface area contributed by atoms with Crippen molar-refractivity contribution in [1.82, 2.24) is 4.90 Å². The number of nitrogens with one attached hydrogen (secondary N) is 1. The van der Waals surface area contributed by atoms with Crippen LogP contribution in [0.1, 0.15) is 32.1 Å². The zero-order valence-corrected chi connectivity index (χ0v) is 17.1. The lowest BCUT2D eigenvalue weighted by Gasteiger charge is -2.15. The molecule has 6 nitrogen and oxygen atoms in total. The minimum atomic E-state index is -0.304. The Hall–Kier alpha value is -2.80. The zero-order chi connectivity index (χ0) is 20.1. The number of rotatable bonds is 9. The molecule has 0 unspecified atom stereocenters. The molecule has 28 heavy (non-hydrogen) atoms. The van der Waals surface area contributed by atoms with E-state index in [0.29, 0.717) is 54.6 Å². The number of benzene rings is 1. The van der Waals surface area contributed by atoms with E-state index >= 15 is 0 Å². The molecule has 0 radical (unpaired) electrons. The first-order chi connectivity index (χ1) is 13.6. The van der Waals surface area contributed by atoms with Gasteiger partial charge in [-0.05, 0) is 43.8 Å². The van der Waals surface area contributed by atoms with Crippen molar-refractivity contribution in [3.05, 3.63) is 46.3 Å². The van der Waals surface area contributed by atoms with Crippen LogP contribution in [-0.4, -0.2) is 36.5 Å². The predicted octanol–water partition coefficient (Wildman–Crippen LogP) is 4.15. The Bertz CT molecular complexity index is 890. The fraction of sp³-hybridized carbons (Fsp3) is 0.333. The fourth-order valence-corrected chi connectivity index (χ4v) is 3.81. The van der Waals surface area contributed by atoms with Crippen LogP contribution in [0, 0.1) is 0 Å². The summed E-state index contributed by atoms with van der Waals surface area (Å²) < 4.78 is 11.2. The van der Waals surface area contributed by atoms with Crippen molar-refractivity contribution < 1.29 is 19.1 Å². The second kappa shape index (κ2) is 8.93. The SMILES string of the molecule is CCCN1C(=O)C(Nc2ccc(OCC)c(OCC)c2)=C(c2cccs2)C1=O. The van der Waals surface area contributed by atoms with Crippen molar-refractivity contribution in [2.45, 2.75) is 27.2 Å². The number of imide groups is 1. The van der Waals surface area contributed by atoms with Gasteiger partial charge in [0.2, 0.25) is 0 Å². The number of ether oxygens (including phenoxy) is 2. The van der Waals surface area contributed by atoms with Gasteiger partial charge in [0.1, 0.15) is 5.70 Å². The summed E-state index contributed by atoms with van der Waals surface area (Å²) in [6.07, 6.45) is 0.708. The van der Waals surface area contributed by atoms with Gasteiger partial charge in [0.05, 0.1) is 18.8 Å². The predicted molar refractivity (Wildman–Crippen MR) is 111 cm³/mol. The summed E-state index contributed by atoms with van der Waals surface area (Å²) in [5.74, 6) is 0.675. The van der Waals surface area contributed by atoms with Gasteiger partial charge in [-0.2, -0.15) is 0 Å². The molecule has 0 spiro atoms. The molecule has 0 aliphatic carbocycles. The third kappa shape index (κ3) is 3.89. The molecule has 148 valence electrons. The standard InChI is InChI=1S/C21H24N2O4S/c1-4-11-23-20(24)18(17-8-7-12-28-17)19(21(23)25)22-14-9-10-15(26-5-2)16(13-14)27-6-3/h7-10,12-13,22H,4-6,11H2,1-3H3. The number of amides is 2. The molecule has 1 aliphatic rings. The highest BCUT2D eigenvalue weighted by atomic mass is 32.1. The van der Waals surface area contributed by atoms with E-state index in [1.165, 1.54) is 16.2 Å². The first kappa shape index (κ1) is 19.9. The van der Waals surface area contributed by atoms with Gasteiger partial charge in [-0.25, -0.2) is 0 Å². The molecule has 0 saturated carbocycles. The van der Waals surface area contributed by atoms with Crippen molar-refractivity contribution in [1.29, 1.82) is 0 Å². The third-order valence-corrected chi connectivity index (χ3v) is 5.08. The summed E-state index contributed by atoms with van der Waals surface area (Å²) >= 11 is 1.44. The Labute approximate surface area is 168 Å². The Morgan fingerprint density at radius 2 is 1.75 bits per heavy atom. The topological polar surface area (TPSA) is 67.9 Å². The molecule has 7 heteroatoms. The number of carbonyl (C=O) groups is 2. The van der Waals surface area contributed by atoms with Gasteiger partial charge < -0.3 is 14.8 Å². The number of hydrogen-bond donors (Lipinski definition) is 1. The van der Waals surface area contributed by atoms with E-state index in [1.807, 2.05) is 44.4 Å². The van der Waals surface area contributed by atoms with Crippen LogP contribution in [-0.2, 0) is 9.59 Å². The fourth-order valence-electron chi connectivity index (χ4n) is 3.04. The molecular formula is C21H24N2O4S. The highest BCUT2D eigenvalue weighted by molar-refractivity contribution is 7.11. The van der Waals surface area contributed by atoms with Crippen molar-refractivity contribution >= 4 is 34.4 Å². The Balaban J connectivity index is 1.99. The lowest BCUT2D eigenvalue weighted by Crippen LogP contribution is -2.33. The number of anilines is 1. The highest BCUT2D eigenvalue weighted by Gasteiger charge is 2.39. The molecule has 1 aromatic heterocycles. The molecule has 3 rings (SSSR count). The maximum absolute atomic E-state index is 12.9. The van der Waals surface area contributed by atoms with Crippen molar-refractivity contribution in [3.63, 3.8) is 0 Å². The molecular weight excluding hydrogens is 376 g/mol. The number of hydrogen-bond acceptors (Lipinski definition) is 6. The minimum absolute atomic E-state index is 0.257. The van der Waals surface area contributed by atoms with E-state index in [1.54, 1.807) is 12.1 Å². The average molecular weight is 401 g/mol. The van der Waals surface area contributed by atoms with Crippen LogP contribution in [0.5, 0.6) is 11.5 Å². The smallest absolute Gasteiger partial charge is 0.278 e. The molecule has 2 aromatic rings. The van der Waals surface area contributed by atoms with Gasteiger partial charge in [-0.15, -0.1) is 11.3 Å². The van der Waals surface area contributed by atoms with Crippen molar-refractivity contribution in [2.24, 2.45) is 0 Å². The molecule has 0 saturated heterocycles. The molecule has 0 bridgehead atoms. The van der Waals surface area contributed by atoms with E-state index in [0.717, 1.165) is 4.88 Å². The van der Waals surface area contributed by atoms with Crippen LogP contribution < -0.4 is 14.8 Å². The molecule has 2 amide bonds. The van der Waals surface area contributed by atoms with Crippen LogP contribution in [0.2, 0.25) is 0 Å². The second-order valence-corrected chi connectivity index (χ2v) is 7.09. The van der Waals surface area contributed by atoms with E-state index in [2.05, 4.69) is 5.32 Å². The molecule has 2 heterocycles. The molecule has 1 aliphatic heterocycles. The lowest BCUT2D eigenvalue weighted by molar-refractivity contribution is -0.136. The maximum Gasteiger partial charge on any atom is 0.278 e. The van der Waals surface area contributed by atoms with Gasteiger partial charge in [0.25, 0.3) is 11.8 Å². The van der Waals surface area contributed by atoms with Crippen LogP contribution in [0.3, 0.4) is 0 Å². The van der Waals surface area contributed by atoms with Gasteiger partial charge >= 0.3 is 0 Å². The first-order valence-corrected chi connectivity index (χ1v) is 10.3. The lowest BCUT2D eigenvalue weighted by atomic mass is 10.2. The van der Waals surface area contributed by atoms with Gasteiger partial charge in [-0.1, -0.05) is 13.0 Å². The van der Waals surface area contributed by atoms with E-state index in [9.17, 15) is 9.59 Å². The highest BCUT2D eigenvalue weighted by Crippen LogP contribution is 2.35. The normalized spacial score (nSPS) is 14.0. The van der Waals surface area contributed by atoms with E-state index in [4.69, 9.17) is 9.47 Å². The Morgan fingerprint density at radius 1 is 1.00 bits per heavy atom. The molecule has 0 atom stereocenters. The zero-order valence-electron chi connectivity index (χ0n) is 16.3. The van der Waals surface area contributed by atoms with Crippen molar-refractivity contribution in [2.75, 3.05) is 25.1 Å². The number of thiophene rings is 1.